The van der Waals surface area contributed by atoms with Crippen molar-refractivity contribution in [2.45, 2.75) is 33.2 Å². The summed E-state index contributed by atoms with van der Waals surface area (Å²) in [7, 11) is 0. The van der Waals surface area contributed by atoms with Gasteiger partial charge in [-0.25, -0.2) is 9.97 Å². The van der Waals surface area contributed by atoms with Crippen LogP contribution in [0.5, 0.6) is 0 Å². The van der Waals surface area contributed by atoms with Crippen LogP contribution in [0.4, 0.5) is 11.5 Å². The number of rotatable bonds is 5. The first kappa shape index (κ1) is 16.5. The molecular formula is C19H22N4S. The molecule has 5 heteroatoms. The number of benzene rings is 1. The van der Waals surface area contributed by atoms with E-state index in [0.29, 0.717) is 0 Å². The maximum Gasteiger partial charge on any atom is 0.127 e. The molecule has 3 rings (SSSR count). The molecule has 4 nitrogen and oxygen atoms in total. The van der Waals surface area contributed by atoms with Crippen molar-refractivity contribution in [3.8, 4) is 0 Å². The molecule has 0 spiro atoms. The lowest BCUT2D eigenvalue weighted by Crippen LogP contribution is -2.15. The molecule has 124 valence electrons. The normalized spacial score (nSPS) is 12.1. The summed E-state index contributed by atoms with van der Waals surface area (Å²) in [5.41, 5.74) is 11.1. The Balaban J connectivity index is 1.88. The van der Waals surface area contributed by atoms with Gasteiger partial charge in [0.05, 0.1) is 16.7 Å². The predicted molar refractivity (Wildman–Crippen MR) is 101 cm³/mol. The maximum atomic E-state index is 5.79. The number of nitrogen functional groups attached to an aromatic ring is 1. The number of pyridine rings is 1. The van der Waals surface area contributed by atoms with Crippen LogP contribution in [-0.2, 0) is 6.42 Å². The molecule has 0 radical (unpaired) electrons. The molecule has 0 saturated carbocycles. The summed E-state index contributed by atoms with van der Waals surface area (Å²) in [6.45, 7) is 6.13. The summed E-state index contributed by atoms with van der Waals surface area (Å²) < 4.78 is 0. The largest absolute Gasteiger partial charge is 0.399 e. The van der Waals surface area contributed by atoms with Gasteiger partial charge >= 0.3 is 0 Å². The van der Waals surface area contributed by atoms with Crippen molar-refractivity contribution >= 4 is 22.8 Å². The Morgan fingerprint density at radius 1 is 1.08 bits per heavy atom. The summed E-state index contributed by atoms with van der Waals surface area (Å²) >= 11 is 1.67. The topological polar surface area (TPSA) is 63.8 Å². The van der Waals surface area contributed by atoms with Crippen LogP contribution in [0, 0.1) is 20.8 Å². The van der Waals surface area contributed by atoms with Gasteiger partial charge in [-0.3, -0.25) is 0 Å². The van der Waals surface area contributed by atoms with E-state index in [1.54, 1.807) is 11.3 Å². The Morgan fingerprint density at radius 2 is 1.83 bits per heavy atom. The Bertz CT molecular complexity index is 803. The summed E-state index contributed by atoms with van der Waals surface area (Å²) in [4.78, 5) is 9.28. The van der Waals surface area contributed by atoms with Crippen LogP contribution in [0.15, 0.2) is 41.8 Å². The van der Waals surface area contributed by atoms with Crippen LogP contribution in [0.1, 0.15) is 33.6 Å². The minimum absolute atomic E-state index is 0.0762. The van der Waals surface area contributed by atoms with Crippen molar-refractivity contribution in [3.05, 3.63) is 69.3 Å². The van der Waals surface area contributed by atoms with Crippen LogP contribution in [0.25, 0.3) is 0 Å². The highest BCUT2D eigenvalue weighted by Crippen LogP contribution is 2.25. The summed E-state index contributed by atoms with van der Waals surface area (Å²) in [5.74, 6) is 0.888. The third-order valence-electron chi connectivity index (χ3n) is 3.83. The van der Waals surface area contributed by atoms with E-state index in [9.17, 15) is 0 Å². The fourth-order valence-electron chi connectivity index (χ4n) is 2.75. The van der Waals surface area contributed by atoms with E-state index in [0.717, 1.165) is 34.3 Å². The van der Waals surface area contributed by atoms with Gasteiger partial charge in [0.1, 0.15) is 5.82 Å². The zero-order valence-corrected chi connectivity index (χ0v) is 15.0. The van der Waals surface area contributed by atoms with Crippen molar-refractivity contribution < 1.29 is 0 Å². The molecule has 0 amide bonds. The molecule has 0 fully saturated rings. The fourth-order valence-corrected chi connectivity index (χ4v) is 3.42. The number of aromatic nitrogens is 2. The highest BCUT2D eigenvalue weighted by Gasteiger charge is 2.16. The standard InChI is InChI=1S/C19H22N4S/c1-12-8-13(2)21-19(9-12)23-17(18-11-24-14(3)22-18)10-15-4-6-16(20)7-5-15/h4-9,11,17H,10,20H2,1-3H3,(H,21,23)/t17-/m0/s1. The van der Waals surface area contributed by atoms with Crippen LogP contribution in [0.3, 0.4) is 0 Å². The van der Waals surface area contributed by atoms with Crippen LogP contribution in [-0.4, -0.2) is 9.97 Å². The van der Waals surface area contributed by atoms with Crippen molar-refractivity contribution in [2.24, 2.45) is 0 Å². The second kappa shape index (κ2) is 7.01. The van der Waals surface area contributed by atoms with E-state index in [2.05, 4.69) is 51.9 Å². The average Bonchev–Trinajstić information content (AvgIpc) is 2.94. The predicted octanol–water partition coefficient (Wildman–Crippen LogP) is 4.44. The van der Waals surface area contributed by atoms with Gasteiger partial charge in [0.2, 0.25) is 0 Å². The molecule has 2 aromatic heterocycles. The van der Waals surface area contributed by atoms with E-state index < -0.39 is 0 Å². The van der Waals surface area contributed by atoms with Gasteiger partial charge in [-0.1, -0.05) is 12.1 Å². The Morgan fingerprint density at radius 3 is 2.46 bits per heavy atom. The Hall–Kier alpha value is -2.40. The zero-order chi connectivity index (χ0) is 17.1. The molecule has 0 saturated heterocycles. The quantitative estimate of drug-likeness (QED) is 0.675. The van der Waals surface area contributed by atoms with Crippen molar-refractivity contribution in [3.63, 3.8) is 0 Å². The highest BCUT2D eigenvalue weighted by atomic mass is 32.1. The van der Waals surface area contributed by atoms with Crippen LogP contribution >= 0.6 is 11.3 Å². The van der Waals surface area contributed by atoms with Gasteiger partial charge in [0.15, 0.2) is 0 Å². The summed E-state index contributed by atoms with van der Waals surface area (Å²) in [5, 5.41) is 6.74. The van der Waals surface area contributed by atoms with E-state index in [-0.39, 0.29) is 6.04 Å². The second-order valence-electron chi connectivity index (χ2n) is 6.11. The van der Waals surface area contributed by atoms with E-state index in [1.165, 1.54) is 11.1 Å². The molecule has 0 unspecified atom stereocenters. The number of nitrogens with one attached hydrogen (secondary N) is 1. The number of hydrogen-bond acceptors (Lipinski definition) is 5. The van der Waals surface area contributed by atoms with Crippen molar-refractivity contribution in [1.82, 2.24) is 9.97 Å². The zero-order valence-electron chi connectivity index (χ0n) is 14.2. The summed E-state index contributed by atoms with van der Waals surface area (Å²) in [6.07, 6.45) is 0.831. The lowest BCUT2D eigenvalue weighted by atomic mass is 10.0. The smallest absolute Gasteiger partial charge is 0.127 e. The van der Waals surface area contributed by atoms with Gasteiger partial charge in [0.25, 0.3) is 0 Å². The molecule has 0 aliphatic heterocycles. The van der Waals surface area contributed by atoms with E-state index in [1.807, 2.05) is 26.0 Å². The molecule has 0 bridgehead atoms. The molecule has 1 aromatic carbocycles. The summed E-state index contributed by atoms with van der Waals surface area (Å²) in [6, 6.07) is 12.2. The number of anilines is 2. The SMILES string of the molecule is Cc1cc(C)nc(N[C@@H](Cc2ccc(N)cc2)c2csc(C)n2)c1. The molecule has 1 atom stereocenters. The molecule has 0 aliphatic rings. The third-order valence-corrected chi connectivity index (χ3v) is 4.62. The van der Waals surface area contributed by atoms with Crippen molar-refractivity contribution in [1.29, 1.82) is 0 Å². The maximum absolute atomic E-state index is 5.79. The van der Waals surface area contributed by atoms with Gasteiger partial charge < -0.3 is 11.1 Å². The Kier molecular flexibility index (Phi) is 4.81. The number of thiazole rings is 1. The van der Waals surface area contributed by atoms with Crippen LogP contribution < -0.4 is 11.1 Å². The fraction of sp³-hybridized carbons (Fsp3) is 0.263. The van der Waals surface area contributed by atoms with Gasteiger partial charge in [-0.05, 0) is 62.6 Å². The molecule has 0 aliphatic carbocycles. The first-order chi connectivity index (χ1) is 11.5. The minimum Gasteiger partial charge on any atom is -0.399 e. The third kappa shape index (κ3) is 4.11. The van der Waals surface area contributed by atoms with Gasteiger partial charge in [0, 0.05) is 16.8 Å². The molecule has 3 N–H and O–H groups in total. The first-order valence-electron chi connectivity index (χ1n) is 7.98. The minimum atomic E-state index is 0.0762. The van der Waals surface area contributed by atoms with E-state index >= 15 is 0 Å². The monoisotopic (exact) mass is 338 g/mol. The number of nitrogens with zero attached hydrogens (tertiary/aromatic N) is 2. The van der Waals surface area contributed by atoms with E-state index in [4.69, 9.17) is 5.73 Å². The first-order valence-corrected chi connectivity index (χ1v) is 8.86. The molecular weight excluding hydrogens is 316 g/mol. The molecule has 2 heterocycles. The lowest BCUT2D eigenvalue weighted by Gasteiger charge is -2.18. The lowest BCUT2D eigenvalue weighted by molar-refractivity contribution is 0.745. The highest BCUT2D eigenvalue weighted by molar-refractivity contribution is 7.09. The van der Waals surface area contributed by atoms with Crippen molar-refractivity contribution in [2.75, 3.05) is 11.1 Å². The van der Waals surface area contributed by atoms with Crippen LogP contribution in [0.2, 0.25) is 0 Å². The number of hydrogen-bond donors (Lipinski definition) is 2. The number of aryl methyl sites for hydroxylation is 3. The van der Waals surface area contributed by atoms with Gasteiger partial charge in [-0.2, -0.15) is 0 Å². The average molecular weight is 338 g/mol. The molecule has 3 aromatic rings. The second-order valence-corrected chi connectivity index (χ2v) is 7.17. The number of nitrogens with two attached hydrogens (primary N) is 1. The molecule has 24 heavy (non-hydrogen) atoms. The van der Waals surface area contributed by atoms with Gasteiger partial charge in [-0.15, -0.1) is 11.3 Å². The Labute approximate surface area is 146 Å².